The summed E-state index contributed by atoms with van der Waals surface area (Å²) in [5.74, 6) is -1.65. The third-order valence-electron chi connectivity index (χ3n) is 5.99. The molecule has 8 heteroatoms. The Kier molecular flexibility index (Phi) is 5.64. The highest BCUT2D eigenvalue weighted by molar-refractivity contribution is 6.16. The minimum atomic E-state index is -1.24. The highest BCUT2D eigenvalue weighted by atomic mass is 19.1. The second kappa shape index (κ2) is 8.79. The second-order valence-electron chi connectivity index (χ2n) is 8.57. The van der Waals surface area contributed by atoms with Gasteiger partial charge >= 0.3 is 0 Å². The molecule has 1 aliphatic rings. The maximum Gasteiger partial charge on any atom is 0.240 e. The molecule has 0 saturated heterocycles. The predicted molar refractivity (Wildman–Crippen MR) is 128 cm³/mol. The number of carbonyl (C=O) groups is 2. The van der Waals surface area contributed by atoms with Crippen LogP contribution in [0.1, 0.15) is 18.4 Å². The van der Waals surface area contributed by atoms with Gasteiger partial charge in [-0.05, 0) is 79.9 Å². The van der Waals surface area contributed by atoms with Gasteiger partial charge in [-0.1, -0.05) is 6.07 Å². The van der Waals surface area contributed by atoms with Crippen molar-refractivity contribution in [3.05, 3.63) is 90.1 Å². The fraction of sp³-hybridized carbons (Fsp3) is 0.148. The maximum atomic E-state index is 14.8. The van der Waals surface area contributed by atoms with Crippen LogP contribution in [0.3, 0.4) is 0 Å². The van der Waals surface area contributed by atoms with Gasteiger partial charge in [0.15, 0.2) is 11.6 Å². The van der Waals surface area contributed by atoms with Crippen LogP contribution in [0.2, 0.25) is 0 Å². The summed E-state index contributed by atoms with van der Waals surface area (Å²) in [4.78, 5) is 29.9. The van der Waals surface area contributed by atoms with Crippen LogP contribution >= 0.6 is 0 Å². The van der Waals surface area contributed by atoms with Crippen molar-refractivity contribution in [2.24, 2.45) is 5.41 Å². The van der Waals surface area contributed by atoms with Gasteiger partial charge in [-0.25, -0.2) is 8.78 Å². The average Bonchev–Trinajstić information content (AvgIpc) is 3.65. The average molecular weight is 473 g/mol. The number of carbonyl (C=O) groups excluding carboxylic acids is 2. The summed E-state index contributed by atoms with van der Waals surface area (Å²) in [6, 6.07) is 16.7. The van der Waals surface area contributed by atoms with Crippen molar-refractivity contribution < 1.29 is 23.1 Å². The van der Waals surface area contributed by atoms with Gasteiger partial charge < -0.3 is 15.4 Å². The number of benzene rings is 3. The molecule has 35 heavy (non-hydrogen) atoms. The number of nitrogens with one attached hydrogen (secondary N) is 2. The molecule has 1 heterocycles. The summed E-state index contributed by atoms with van der Waals surface area (Å²) in [6.07, 6.45) is 2.32. The van der Waals surface area contributed by atoms with E-state index >= 15 is 0 Å². The van der Waals surface area contributed by atoms with Gasteiger partial charge in [-0.2, -0.15) is 0 Å². The number of fused-ring (bicyclic) bond motifs is 1. The molecule has 0 atom stereocenters. The monoisotopic (exact) mass is 473 g/mol. The number of amides is 2. The zero-order chi connectivity index (χ0) is 24.6. The van der Waals surface area contributed by atoms with Crippen molar-refractivity contribution in [2.75, 3.05) is 10.6 Å². The van der Waals surface area contributed by atoms with Crippen LogP contribution in [0, 0.1) is 24.0 Å². The summed E-state index contributed by atoms with van der Waals surface area (Å²) in [5, 5.41) is 6.01. The van der Waals surface area contributed by atoms with Crippen LogP contribution < -0.4 is 15.4 Å². The van der Waals surface area contributed by atoms with E-state index in [2.05, 4.69) is 15.6 Å². The number of rotatable bonds is 6. The van der Waals surface area contributed by atoms with Crippen molar-refractivity contribution >= 4 is 34.1 Å². The van der Waals surface area contributed by atoms with E-state index in [4.69, 9.17) is 4.74 Å². The first kappa shape index (κ1) is 22.5. The Morgan fingerprint density at radius 3 is 2.23 bits per heavy atom. The van der Waals surface area contributed by atoms with Crippen LogP contribution in [0.5, 0.6) is 11.5 Å². The molecule has 2 N–H and O–H groups in total. The molecule has 1 fully saturated rings. The standard InChI is InChI=1S/C27H21F2N3O3/c1-16-2-8-20-22(14-16)30-13-10-23(20)35-24-9-7-19(15-21(24)29)32-26(34)27(11-12-27)25(33)31-18-5-3-17(28)4-6-18/h2-10,13-15H,11-12H2,1H3,(H,31,33)(H,32,34). The van der Waals surface area contributed by atoms with Gasteiger partial charge in [0.1, 0.15) is 17.0 Å². The second-order valence-corrected chi connectivity index (χ2v) is 8.57. The van der Waals surface area contributed by atoms with Gasteiger partial charge in [-0.3, -0.25) is 14.6 Å². The summed E-state index contributed by atoms with van der Waals surface area (Å²) in [7, 11) is 0. The van der Waals surface area contributed by atoms with E-state index < -0.39 is 28.9 Å². The van der Waals surface area contributed by atoms with E-state index in [1.807, 2.05) is 25.1 Å². The molecule has 5 rings (SSSR count). The molecule has 1 saturated carbocycles. The quantitative estimate of drug-likeness (QED) is 0.338. The zero-order valence-corrected chi connectivity index (χ0v) is 18.8. The Morgan fingerprint density at radius 1 is 0.857 bits per heavy atom. The number of pyridine rings is 1. The first-order valence-corrected chi connectivity index (χ1v) is 11.1. The maximum absolute atomic E-state index is 14.8. The largest absolute Gasteiger partial charge is 0.454 e. The minimum Gasteiger partial charge on any atom is -0.454 e. The Hall–Kier alpha value is -4.33. The molecule has 0 unspecified atom stereocenters. The smallest absolute Gasteiger partial charge is 0.240 e. The van der Waals surface area contributed by atoms with Crippen molar-refractivity contribution in [1.29, 1.82) is 0 Å². The lowest BCUT2D eigenvalue weighted by atomic mass is 10.0. The van der Waals surface area contributed by atoms with Crippen LogP contribution in [0.4, 0.5) is 20.2 Å². The van der Waals surface area contributed by atoms with E-state index in [0.29, 0.717) is 24.3 Å². The number of anilines is 2. The number of halogens is 2. The van der Waals surface area contributed by atoms with Crippen molar-refractivity contribution in [1.82, 2.24) is 4.98 Å². The Balaban J connectivity index is 1.29. The molecule has 0 radical (unpaired) electrons. The molecule has 0 bridgehead atoms. The Labute approximate surface area is 199 Å². The van der Waals surface area contributed by atoms with E-state index in [-0.39, 0.29) is 11.4 Å². The first-order chi connectivity index (χ1) is 16.8. The Bertz CT molecular complexity index is 1450. The number of aromatic nitrogens is 1. The summed E-state index contributed by atoms with van der Waals surface area (Å²) >= 11 is 0. The molecule has 2 amide bonds. The van der Waals surface area contributed by atoms with Crippen molar-refractivity contribution in [2.45, 2.75) is 19.8 Å². The number of nitrogens with zero attached hydrogens (tertiary/aromatic N) is 1. The van der Waals surface area contributed by atoms with Gasteiger partial charge in [0.05, 0.1) is 5.52 Å². The van der Waals surface area contributed by atoms with Gasteiger partial charge in [-0.15, -0.1) is 0 Å². The molecule has 0 aliphatic heterocycles. The SMILES string of the molecule is Cc1ccc2c(Oc3ccc(NC(=O)C4(C(=O)Nc5ccc(F)cc5)CC4)cc3F)ccnc2c1. The number of ether oxygens (including phenoxy) is 1. The Morgan fingerprint density at radius 2 is 1.54 bits per heavy atom. The third-order valence-corrected chi connectivity index (χ3v) is 5.99. The lowest BCUT2D eigenvalue weighted by Crippen LogP contribution is -2.35. The molecular weight excluding hydrogens is 452 g/mol. The lowest BCUT2D eigenvalue weighted by Gasteiger charge is -2.16. The summed E-state index contributed by atoms with van der Waals surface area (Å²) in [5.41, 5.74) is 1.14. The predicted octanol–water partition coefficient (Wildman–Crippen LogP) is 5.97. The number of aryl methyl sites for hydroxylation is 1. The van der Waals surface area contributed by atoms with Crippen LogP contribution in [-0.2, 0) is 9.59 Å². The van der Waals surface area contributed by atoms with Crippen LogP contribution in [-0.4, -0.2) is 16.8 Å². The van der Waals surface area contributed by atoms with Crippen LogP contribution in [0.25, 0.3) is 10.9 Å². The van der Waals surface area contributed by atoms with Gasteiger partial charge in [0, 0.05) is 29.0 Å². The summed E-state index contributed by atoms with van der Waals surface area (Å²) < 4.78 is 33.7. The number of hydrogen-bond donors (Lipinski definition) is 2. The molecule has 1 aromatic heterocycles. The first-order valence-electron chi connectivity index (χ1n) is 11.1. The fourth-order valence-corrected chi connectivity index (χ4v) is 3.82. The minimum absolute atomic E-state index is 0.00809. The molecule has 0 spiro atoms. The highest BCUT2D eigenvalue weighted by Crippen LogP contribution is 2.47. The van der Waals surface area contributed by atoms with E-state index in [1.54, 1.807) is 12.3 Å². The topological polar surface area (TPSA) is 80.3 Å². The number of hydrogen-bond acceptors (Lipinski definition) is 4. The van der Waals surface area contributed by atoms with Crippen molar-refractivity contribution in [3.8, 4) is 11.5 Å². The fourth-order valence-electron chi connectivity index (χ4n) is 3.82. The van der Waals surface area contributed by atoms with Gasteiger partial charge in [0.2, 0.25) is 11.8 Å². The van der Waals surface area contributed by atoms with E-state index in [9.17, 15) is 18.4 Å². The molecule has 6 nitrogen and oxygen atoms in total. The summed E-state index contributed by atoms with van der Waals surface area (Å²) in [6.45, 7) is 1.96. The normalized spacial score (nSPS) is 13.8. The zero-order valence-electron chi connectivity index (χ0n) is 18.8. The molecule has 4 aromatic rings. The van der Waals surface area contributed by atoms with Gasteiger partial charge in [0.25, 0.3) is 0 Å². The third kappa shape index (κ3) is 4.55. The van der Waals surface area contributed by atoms with E-state index in [0.717, 1.165) is 22.5 Å². The van der Waals surface area contributed by atoms with Crippen molar-refractivity contribution in [3.63, 3.8) is 0 Å². The highest BCUT2D eigenvalue weighted by Gasteiger charge is 2.56. The molecule has 1 aliphatic carbocycles. The van der Waals surface area contributed by atoms with Crippen LogP contribution in [0.15, 0.2) is 72.9 Å². The lowest BCUT2D eigenvalue weighted by molar-refractivity contribution is -0.131. The molecule has 176 valence electrons. The van der Waals surface area contributed by atoms with E-state index in [1.165, 1.54) is 36.4 Å². The molecular formula is C27H21F2N3O3. The molecule has 3 aromatic carbocycles.